The van der Waals surface area contributed by atoms with Crippen molar-refractivity contribution in [3.63, 3.8) is 0 Å². The molecule has 2 unspecified atom stereocenters. The molecule has 0 aliphatic carbocycles. The van der Waals surface area contributed by atoms with Crippen molar-refractivity contribution in [3.8, 4) is 0 Å². The summed E-state index contributed by atoms with van der Waals surface area (Å²) in [7, 11) is -1.61. The minimum Gasteiger partial charge on any atom is -0.377 e. The van der Waals surface area contributed by atoms with Crippen LogP contribution in [0.3, 0.4) is 0 Å². The Morgan fingerprint density at radius 3 is 2.43 bits per heavy atom. The van der Waals surface area contributed by atoms with Gasteiger partial charge in [-0.15, -0.1) is 0 Å². The minimum absolute atomic E-state index is 0.00266. The van der Waals surface area contributed by atoms with Crippen molar-refractivity contribution in [1.29, 1.82) is 0 Å². The van der Waals surface area contributed by atoms with Crippen molar-refractivity contribution in [1.82, 2.24) is 20.3 Å². The Hall–Kier alpha value is -0.900. The Morgan fingerprint density at radius 1 is 1.10 bits per heavy atom. The molecular formula is C21H43N5O3S. The van der Waals surface area contributed by atoms with E-state index in [1.165, 1.54) is 25.7 Å². The molecule has 2 aliphatic rings. The second-order valence-corrected chi connectivity index (χ2v) is 10.7. The van der Waals surface area contributed by atoms with Crippen molar-refractivity contribution in [3.05, 3.63) is 0 Å². The Kier molecular flexibility index (Phi) is 11.4. The van der Waals surface area contributed by atoms with Crippen LogP contribution >= 0.6 is 0 Å². The maximum atomic E-state index is 12.3. The van der Waals surface area contributed by atoms with Gasteiger partial charge in [-0.25, -0.2) is 13.1 Å². The predicted molar refractivity (Wildman–Crippen MR) is 123 cm³/mol. The number of ether oxygens (including phenoxy) is 1. The average Bonchev–Trinajstić information content (AvgIpc) is 3.01. The van der Waals surface area contributed by atoms with Crippen molar-refractivity contribution in [2.75, 3.05) is 52.1 Å². The summed E-state index contributed by atoms with van der Waals surface area (Å²) in [6.07, 6.45) is 8.29. The van der Waals surface area contributed by atoms with Crippen LogP contribution in [0.4, 0.5) is 0 Å². The van der Waals surface area contributed by atoms with Gasteiger partial charge in [0.2, 0.25) is 10.0 Å². The molecule has 0 saturated carbocycles. The number of nitrogens with one attached hydrogen (secondary N) is 3. The fourth-order valence-corrected chi connectivity index (χ4v) is 5.15. The Bertz CT molecular complexity index is 598. The predicted octanol–water partition coefficient (Wildman–Crippen LogP) is 1.54. The number of nitrogens with zero attached hydrogens (tertiary/aromatic N) is 2. The van der Waals surface area contributed by atoms with E-state index in [2.05, 4.69) is 39.1 Å². The maximum absolute atomic E-state index is 12.3. The normalized spacial score (nSPS) is 23.2. The molecule has 0 spiro atoms. The van der Waals surface area contributed by atoms with Crippen LogP contribution in [0.5, 0.6) is 0 Å². The summed E-state index contributed by atoms with van der Waals surface area (Å²) in [5.41, 5.74) is 0. The van der Waals surface area contributed by atoms with Gasteiger partial charge in [0.15, 0.2) is 5.96 Å². The quantitative estimate of drug-likeness (QED) is 0.349. The summed E-state index contributed by atoms with van der Waals surface area (Å²) in [6, 6.07) is 0.447. The third-order valence-corrected chi connectivity index (χ3v) is 7.40. The summed E-state index contributed by atoms with van der Waals surface area (Å²) in [5, 5.41) is 6.54. The zero-order chi connectivity index (χ0) is 21.8. The highest BCUT2D eigenvalue weighted by molar-refractivity contribution is 7.89. The first-order chi connectivity index (χ1) is 14.4. The molecule has 2 saturated heterocycles. The molecule has 2 heterocycles. The molecule has 0 amide bonds. The van der Waals surface area contributed by atoms with E-state index in [0.717, 1.165) is 45.5 Å². The van der Waals surface area contributed by atoms with Gasteiger partial charge in [0, 0.05) is 39.3 Å². The number of likely N-dealkylation sites (tertiary alicyclic amines) is 1. The molecule has 0 aromatic rings. The zero-order valence-electron chi connectivity index (χ0n) is 19.2. The molecule has 176 valence electrons. The lowest BCUT2D eigenvalue weighted by Crippen LogP contribution is -2.50. The van der Waals surface area contributed by atoms with Crippen LogP contribution in [0, 0.1) is 5.92 Å². The molecule has 2 rings (SSSR count). The highest BCUT2D eigenvalue weighted by Crippen LogP contribution is 2.17. The number of rotatable bonds is 10. The molecule has 0 radical (unpaired) electrons. The van der Waals surface area contributed by atoms with E-state index in [9.17, 15) is 8.42 Å². The topological polar surface area (TPSA) is 95.1 Å². The highest BCUT2D eigenvalue weighted by Gasteiger charge is 2.23. The number of hydrogen-bond donors (Lipinski definition) is 3. The van der Waals surface area contributed by atoms with Crippen LogP contribution in [0.2, 0.25) is 0 Å². The molecular weight excluding hydrogens is 402 g/mol. The Balaban J connectivity index is 1.72. The summed E-state index contributed by atoms with van der Waals surface area (Å²) in [4.78, 5) is 6.86. The van der Waals surface area contributed by atoms with Gasteiger partial charge in [0.05, 0.1) is 11.9 Å². The molecule has 9 heteroatoms. The summed E-state index contributed by atoms with van der Waals surface area (Å²) < 4.78 is 32.8. The first kappa shape index (κ1) is 25.4. The zero-order valence-corrected chi connectivity index (χ0v) is 20.0. The summed E-state index contributed by atoms with van der Waals surface area (Å²) in [6.45, 7) is 9.06. The molecule has 0 aromatic carbocycles. The second-order valence-electron chi connectivity index (χ2n) is 8.80. The van der Waals surface area contributed by atoms with Gasteiger partial charge in [-0.2, -0.15) is 0 Å². The van der Waals surface area contributed by atoms with E-state index < -0.39 is 10.0 Å². The second kappa shape index (κ2) is 13.5. The van der Waals surface area contributed by atoms with Crippen molar-refractivity contribution < 1.29 is 13.2 Å². The number of hydrogen-bond acceptors (Lipinski definition) is 5. The lowest BCUT2D eigenvalue weighted by Gasteiger charge is -2.34. The smallest absolute Gasteiger partial charge is 0.213 e. The van der Waals surface area contributed by atoms with E-state index in [1.54, 1.807) is 7.05 Å². The summed E-state index contributed by atoms with van der Waals surface area (Å²) in [5.74, 6) is 1.21. The Morgan fingerprint density at radius 2 is 1.83 bits per heavy atom. The van der Waals surface area contributed by atoms with E-state index in [-0.39, 0.29) is 11.9 Å². The number of sulfonamides is 1. The van der Waals surface area contributed by atoms with Gasteiger partial charge in [-0.1, -0.05) is 26.7 Å². The average molecular weight is 446 g/mol. The fraction of sp³-hybridized carbons (Fsp3) is 0.952. The van der Waals surface area contributed by atoms with E-state index in [4.69, 9.17) is 4.74 Å². The van der Waals surface area contributed by atoms with Crippen LogP contribution in [0.15, 0.2) is 4.99 Å². The number of aliphatic imine (C=N–C) groups is 1. The minimum atomic E-state index is -3.33. The molecule has 30 heavy (non-hydrogen) atoms. The highest BCUT2D eigenvalue weighted by atomic mass is 32.2. The van der Waals surface area contributed by atoms with Gasteiger partial charge < -0.3 is 15.4 Å². The summed E-state index contributed by atoms with van der Waals surface area (Å²) >= 11 is 0. The van der Waals surface area contributed by atoms with Crippen LogP contribution in [0.1, 0.15) is 58.8 Å². The van der Waals surface area contributed by atoms with Crippen LogP contribution in [-0.2, 0) is 14.8 Å². The van der Waals surface area contributed by atoms with Gasteiger partial charge in [-0.05, 0) is 51.1 Å². The lowest BCUT2D eigenvalue weighted by molar-refractivity contribution is 0.0200. The molecule has 3 N–H and O–H groups in total. The maximum Gasteiger partial charge on any atom is 0.213 e. The van der Waals surface area contributed by atoms with Crippen LogP contribution in [0.25, 0.3) is 0 Å². The van der Waals surface area contributed by atoms with E-state index >= 15 is 0 Å². The lowest BCUT2D eigenvalue weighted by atomic mass is 10.0. The molecule has 2 fully saturated rings. The van der Waals surface area contributed by atoms with Crippen molar-refractivity contribution >= 4 is 16.0 Å². The van der Waals surface area contributed by atoms with Gasteiger partial charge in [-0.3, -0.25) is 9.89 Å². The van der Waals surface area contributed by atoms with E-state index in [1.807, 2.05) is 0 Å². The molecule has 0 bridgehead atoms. The molecule has 2 atom stereocenters. The largest absolute Gasteiger partial charge is 0.377 e. The Labute approximate surface area is 183 Å². The SMILES string of the molecule is CN=C(NCCS(=O)(=O)NCC1CCCCO1)NCC(C(C)C)N1CCCCCC1. The van der Waals surface area contributed by atoms with Gasteiger partial charge in [0.25, 0.3) is 0 Å². The van der Waals surface area contributed by atoms with E-state index in [0.29, 0.717) is 31.0 Å². The number of guanidine groups is 1. The first-order valence-electron chi connectivity index (χ1n) is 11.7. The third-order valence-electron chi connectivity index (χ3n) is 6.05. The molecule has 8 nitrogen and oxygen atoms in total. The first-order valence-corrected chi connectivity index (χ1v) is 13.3. The van der Waals surface area contributed by atoms with Crippen molar-refractivity contribution in [2.24, 2.45) is 10.9 Å². The third kappa shape index (κ3) is 9.49. The van der Waals surface area contributed by atoms with Crippen LogP contribution in [-0.4, -0.2) is 83.6 Å². The van der Waals surface area contributed by atoms with Gasteiger partial charge in [0.1, 0.15) is 0 Å². The fourth-order valence-electron chi connectivity index (χ4n) is 4.20. The monoisotopic (exact) mass is 445 g/mol. The van der Waals surface area contributed by atoms with Crippen molar-refractivity contribution in [2.45, 2.75) is 70.9 Å². The molecule has 0 aromatic heterocycles. The van der Waals surface area contributed by atoms with Crippen LogP contribution < -0.4 is 15.4 Å². The molecule has 2 aliphatic heterocycles. The van der Waals surface area contributed by atoms with Gasteiger partial charge >= 0.3 is 0 Å². The standard InChI is InChI=1S/C21H43N5O3S/c1-18(2)20(26-12-7-4-5-8-13-26)17-24-21(22-3)23-11-15-30(27,28)25-16-19-10-6-9-14-29-19/h18-20,25H,4-17H2,1-3H3,(H2,22,23,24).